The molecule has 2 atom stereocenters. The van der Waals surface area contributed by atoms with Crippen LogP contribution in [0.1, 0.15) is 57.2 Å². The molecule has 0 bridgehead atoms. The smallest absolute Gasteiger partial charge is 0.148 e. The van der Waals surface area contributed by atoms with Gasteiger partial charge in [0.05, 0.1) is 12.0 Å². The maximum atomic E-state index is 5.91. The van der Waals surface area contributed by atoms with Crippen molar-refractivity contribution in [1.29, 1.82) is 0 Å². The maximum Gasteiger partial charge on any atom is 0.148 e. The predicted molar refractivity (Wildman–Crippen MR) is 67.4 cm³/mol. The minimum Gasteiger partial charge on any atom is -0.377 e. The van der Waals surface area contributed by atoms with Crippen LogP contribution < -0.4 is 0 Å². The average Bonchev–Trinajstić information content (AvgIpc) is 2.93. The van der Waals surface area contributed by atoms with E-state index in [0.717, 1.165) is 31.1 Å². The minimum absolute atomic E-state index is 0.278. The predicted octanol–water partition coefficient (Wildman–Crippen LogP) is 2.88. The van der Waals surface area contributed by atoms with Crippen LogP contribution in [0.25, 0.3) is 0 Å². The van der Waals surface area contributed by atoms with Gasteiger partial charge in [-0.2, -0.15) is 0 Å². The molecule has 5 heteroatoms. The summed E-state index contributed by atoms with van der Waals surface area (Å²) in [7, 11) is 0. The van der Waals surface area contributed by atoms with Crippen LogP contribution in [0.15, 0.2) is 0 Å². The third kappa shape index (κ3) is 2.33. The average molecular weight is 258 g/mol. The van der Waals surface area contributed by atoms with E-state index in [2.05, 4.69) is 35.5 Å². The van der Waals surface area contributed by atoms with Crippen LogP contribution in [0.4, 0.5) is 0 Å². The Morgan fingerprint density at radius 1 is 1.47 bits per heavy atom. The van der Waals surface area contributed by atoms with Crippen molar-refractivity contribution in [3.8, 4) is 0 Å². The second-order valence-corrected chi connectivity index (χ2v) is 5.05. The van der Waals surface area contributed by atoms with Gasteiger partial charge in [-0.05, 0) is 26.7 Å². The Morgan fingerprint density at radius 2 is 2.24 bits per heavy atom. The molecule has 0 aliphatic carbocycles. The molecular formula is C12H20ClN3O. The Morgan fingerprint density at radius 3 is 2.82 bits per heavy atom. The minimum atomic E-state index is 0.278. The molecule has 0 N–H and O–H groups in total. The standard InChI is InChI=1S/C12H20ClN3O/c1-4-10-9(5-6-17-10)12-15-14-11(7-13)16(12)8(2)3/h8-10H,4-7H2,1-3H3. The molecule has 0 amide bonds. The van der Waals surface area contributed by atoms with Gasteiger partial charge in [-0.3, -0.25) is 0 Å². The summed E-state index contributed by atoms with van der Waals surface area (Å²) in [6, 6.07) is 0.340. The molecule has 0 radical (unpaired) electrons. The fraction of sp³-hybridized carbons (Fsp3) is 0.833. The maximum absolute atomic E-state index is 5.91. The van der Waals surface area contributed by atoms with Crippen LogP contribution in [-0.4, -0.2) is 27.5 Å². The molecule has 0 saturated carbocycles. The van der Waals surface area contributed by atoms with E-state index in [1.807, 2.05) is 0 Å². The zero-order valence-corrected chi connectivity index (χ0v) is 11.4. The number of alkyl halides is 1. The summed E-state index contributed by atoms with van der Waals surface area (Å²) in [4.78, 5) is 0. The Hall–Kier alpha value is -0.610. The molecule has 96 valence electrons. The molecule has 0 aromatic carbocycles. The molecule has 1 aliphatic rings. The van der Waals surface area contributed by atoms with Gasteiger partial charge in [-0.25, -0.2) is 0 Å². The summed E-state index contributed by atoms with van der Waals surface area (Å²) >= 11 is 5.91. The fourth-order valence-electron chi connectivity index (χ4n) is 2.59. The molecule has 2 heterocycles. The summed E-state index contributed by atoms with van der Waals surface area (Å²) in [5.41, 5.74) is 0. The van der Waals surface area contributed by atoms with Gasteiger partial charge in [-0.15, -0.1) is 21.8 Å². The number of rotatable bonds is 4. The Labute approximate surface area is 107 Å². The van der Waals surface area contributed by atoms with E-state index < -0.39 is 0 Å². The number of hydrogen-bond acceptors (Lipinski definition) is 3. The molecule has 1 fully saturated rings. The Bertz CT molecular complexity index is 378. The van der Waals surface area contributed by atoms with E-state index in [1.54, 1.807) is 0 Å². The van der Waals surface area contributed by atoms with Gasteiger partial charge < -0.3 is 9.30 Å². The van der Waals surface area contributed by atoms with Crippen LogP contribution in [0.5, 0.6) is 0 Å². The first-order chi connectivity index (χ1) is 8.19. The molecule has 1 aromatic rings. The molecule has 2 rings (SSSR count). The third-order valence-electron chi connectivity index (χ3n) is 3.37. The van der Waals surface area contributed by atoms with Crippen molar-refractivity contribution in [2.45, 2.75) is 57.6 Å². The van der Waals surface area contributed by atoms with Gasteiger partial charge in [0.1, 0.15) is 11.6 Å². The van der Waals surface area contributed by atoms with Gasteiger partial charge in [0.2, 0.25) is 0 Å². The van der Waals surface area contributed by atoms with Crippen molar-refractivity contribution in [1.82, 2.24) is 14.8 Å². The van der Waals surface area contributed by atoms with Crippen LogP contribution in [0.3, 0.4) is 0 Å². The summed E-state index contributed by atoms with van der Waals surface area (Å²) in [6.45, 7) is 7.26. The van der Waals surface area contributed by atoms with Crippen molar-refractivity contribution < 1.29 is 4.74 Å². The highest BCUT2D eigenvalue weighted by Gasteiger charge is 2.33. The van der Waals surface area contributed by atoms with Crippen molar-refractivity contribution in [2.24, 2.45) is 0 Å². The third-order valence-corrected chi connectivity index (χ3v) is 3.61. The van der Waals surface area contributed by atoms with Gasteiger partial charge in [-0.1, -0.05) is 6.92 Å². The van der Waals surface area contributed by atoms with E-state index in [0.29, 0.717) is 17.8 Å². The zero-order valence-electron chi connectivity index (χ0n) is 10.7. The quantitative estimate of drug-likeness (QED) is 0.779. The van der Waals surface area contributed by atoms with Crippen molar-refractivity contribution >= 4 is 11.6 Å². The molecule has 1 aliphatic heterocycles. The fourth-order valence-corrected chi connectivity index (χ4v) is 2.77. The summed E-state index contributed by atoms with van der Waals surface area (Å²) < 4.78 is 7.89. The highest BCUT2D eigenvalue weighted by molar-refractivity contribution is 6.16. The van der Waals surface area contributed by atoms with Crippen LogP contribution >= 0.6 is 11.6 Å². The SMILES string of the molecule is CCC1OCCC1c1nnc(CCl)n1C(C)C. The first-order valence-electron chi connectivity index (χ1n) is 6.30. The van der Waals surface area contributed by atoms with E-state index in [4.69, 9.17) is 16.3 Å². The van der Waals surface area contributed by atoms with Crippen LogP contribution in [-0.2, 0) is 10.6 Å². The lowest BCUT2D eigenvalue weighted by Gasteiger charge is -2.20. The lowest BCUT2D eigenvalue weighted by Crippen LogP contribution is -2.19. The molecule has 17 heavy (non-hydrogen) atoms. The Balaban J connectivity index is 2.34. The van der Waals surface area contributed by atoms with Gasteiger partial charge >= 0.3 is 0 Å². The topological polar surface area (TPSA) is 39.9 Å². The Kier molecular flexibility index (Phi) is 4.05. The number of nitrogens with zero attached hydrogens (tertiary/aromatic N) is 3. The summed E-state index contributed by atoms with van der Waals surface area (Å²) in [5, 5.41) is 8.53. The van der Waals surface area contributed by atoms with Crippen molar-refractivity contribution in [3.63, 3.8) is 0 Å². The molecule has 1 aromatic heterocycles. The molecule has 4 nitrogen and oxygen atoms in total. The van der Waals surface area contributed by atoms with Crippen molar-refractivity contribution in [3.05, 3.63) is 11.6 Å². The molecule has 0 spiro atoms. The first-order valence-corrected chi connectivity index (χ1v) is 6.83. The summed E-state index contributed by atoms with van der Waals surface area (Å²) in [5.74, 6) is 2.68. The lowest BCUT2D eigenvalue weighted by atomic mass is 9.98. The first kappa shape index (κ1) is 12.8. The second kappa shape index (κ2) is 5.36. The number of aromatic nitrogens is 3. The monoisotopic (exact) mass is 257 g/mol. The molecule has 2 unspecified atom stereocenters. The van der Waals surface area contributed by atoms with E-state index in [1.165, 1.54) is 0 Å². The highest BCUT2D eigenvalue weighted by Crippen LogP contribution is 2.33. The van der Waals surface area contributed by atoms with E-state index in [9.17, 15) is 0 Å². The van der Waals surface area contributed by atoms with Gasteiger partial charge in [0.15, 0.2) is 0 Å². The van der Waals surface area contributed by atoms with Gasteiger partial charge in [0.25, 0.3) is 0 Å². The van der Waals surface area contributed by atoms with Gasteiger partial charge in [0, 0.05) is 18.6 Å². The number of ether oxygens (including phenoxy) is 1. The lowest BCUT2D eigenvalue weighted by molar-refractivity contribution is 0.0986. The van der Waals surface area contributed by atoms with E-state index in [-0.39, 0.29) is 6.10 Å². The molecule has 1 saturated heterocycles. The van der Waals surface area contributed by atoms with Crippen molar-refractivity contribution in [2.75, 3.05) is 6.61 Å². The van der Waals surface area contributed by atoms with Crippen LogP contribution in [0.2, 0.25) is 0 Å². The van der Waals surface area contributed by atoms with Crippen LogP contribution in [0, 0.1) is 0 Å². The number of halogens is 1. The largest absolute Gasteiger partial charge is 0.377 e. The normalized spacial score (nSPS) is 24.8. The number of hydrogen-bond donors (Lipinski definition) is 0. The second-order valence-electron chi connectivity index (χ2n) is 4.78. The van der Waals surface area contributed by atoms with E-state index >= 15 is 0 Å². The highest BCUT2D eigenvalue weighted by atomic mass is 35.5. The summed E-state index contributed by atoms with van der Waals surface area (Å²) in [6.07, 6.45) is 2.33. The zero-order chi connectivity index (χ0) is 12.4. The molecular weight excluding hydrogens is 238 g/mol.